The Bertz CT molecular complexity index is 385. The Balaban J connectivity index is 3.19. The first-order chi connectivity index (χ1) is 7.09. The van der Waals surface area contributed by atoms with Gasteiger partial charge in [-0.2, -0.15) is 0 Å². The van der Waals surface area contributed by atoms with Crippen LogP contribution in [0.15, 0.2) is 12.3 Å². The molecule has 0 aliphatic carbocycles. The summed E-state index contributed by atoms with van der Waals surface area (Å²) in [6.45, 7) is -2.55. The maximum atomic E-state index is 7.16. The second-order valence-electron chi connectivity index (χ2n) is 1.72. The molecule has 0 aliphatic heterocycles. The molecule has 0 radical (unpaired) electrons. The first kappa shape index (κ1) is 2.42. The van der Waals surface area contributed by atoms with E-state index in [2.05, 4.69) is 9.72 Å². The number of nitrogen functional groups attached to an aromatic ring is 1. The number of rotatable bonds is 1. The number of anilines is 1. The minimum absolute atomic E-state index is 0.132. The highest BCUT2D eigenvalue weighted by atomic mass is 16.5. The molecule has 0 aromatic carbocycles. The van der Waals surface area contributed by atoms with Crippen LogP contribution in [0.25, 0.3) is 0 Å². The monoisotopic (exact) mass is 144 g/mol. The Labute approximate surface area is 68.3 Å². The fourth-order valence-corrected chi connectivity index (χ4v) is 0.538. The number of hydrogen-bond acceptors (Lipinski definition) is 3. The number of methoxy groups -OCH3 is 1. The molecule has 1 heterocycles. The van der Waals surface area contributed by atoms with E-state index in [0.717, 1.165) is 12.3 Å². The van der Waals surface area contributed by atoms with Crippen molar-refractivity contribution in [3.05, 3.63) is 18.0 Å². The molecule has 1 aromatic rings. The summed E-state index contributed by atoms with van der Waals surface area (Å²) in [4.78, 5) is 3.57. The van der Waals surface area contributed by atoms with E-state index in [4.69, 9.17) is 14.0 Å². The van der Waals surface area contributed by atoms with E-state index < -0.39 is 19.6 Å². The van der Waals surface area contributed by atoms with E-state index in [1.54, 1.807) is 0 Å². The molecule has 0 saturated heterocycles. The van der Waals surface area contributed by atoms with Gasteiger partial charge in [0.05, 0.1) is 28.7 Å². The van der Waals surface area contributed by atoms with Crippen molar-refractivity contribution in [3.63, 3.8) is 0 Å². The summed E-state index contributed by atoms with van der Waals surface area (Å²) in [5.74, 6) is -0.347. The van der Waals surface area contributed by atoms with Gasteiger partial charge in [-0.15, -0.1) is 0 Å². The van der Waals surface area contributed by atoms with Gasteiger partial charge in [-0.25, -0.2) is 0 Å². The minimum atomic E-state index is -2.74. The lowest BCUT2D eigenvalue weighted by molar-refractivity contribution is 0.409. The topological polar surface area (TPSA) is 48.1 Å². The molecule has 0 aliphatic rings. The highest BCUT2D eigenvalue weighted by Crippen LogP contribution is 2.16. The Kier molecular flexibility index (Phi) is 0.618. The molecule has 3 nitrogen and oxygen atoms in total. The zero-order chi connectivity index (χ0) is 12.6. The van der Waals surface area contributed by atoms with Crippen molar-refractivity contribution in [1.82, 2.24) is 4.98 Å². The summed E-state index contributed by atoms with van der Waals surface area (Å²) in [5.41, 5.74) is 5.09. The van der Waals surface area contributed by atoms with Gasteiger partial charge in [-0.1, -0.05) is 0 Å². The number of nitrogens with zero attached hydrogens (tertiary/aromatic N) is 1. The summed E-state index contributed by atoms with van der Waals surface area (Å²) in [6.07, 6.45) is 1.13. The third-order valence-electron chi connectivity index (χ3n) is 0.984. The van der Waals surface area contributed by atoms with Crippen LogP contribution in [0.4, 0.5) is 5.69 Å². The van der Waals surface area contributed by atoms with Crippen molar-refractivity contribution in [1.29, 1.82) is 0 Å². The number of nitrogens with two attached hydrogens (primary N) is 1. The van der Waals surface area contributed by atoms with Crippen LogP contribution in [0.1, 0.15) is 13.9 Å². The fourth-order valence-electron chi connectivity index (χ4n) is 0.538. The third kappa shape index (κ3) is 1.18. The smallest absolute Gasteiger partial charge is 0.142 e. The number of aromatic nitrogens is 1. The summed E-state index contributed by atoms with van der Waals surface area (Å²) in [7, 11) is -2.74. The molecule has 2 N–H and O–H groups in total. The van der Waals surface area contributed by atoms with E-state index in [9.17, 15) is 0 Å². The van der Waals surface area contributed by atoms with E-state index in [-0.39, 0.29) is 11.4 Å². The van der Waals surface area contributed by atoms with Crippen LogP contribution in [0.2, 0.25) is 0 Å². The SMILES string of the molecule is [2H]C([2H])([2H])Oc1cc(N)cnc1C([2H])([2H])[2H]. The van der Waals surface area contributed by atoms with Crippen LogP contribution in [-0.2, 0) is 0 Å². The molecule has 0 spiro atoms. The lowest BCUT2D eigenvalue weighted by Crippen LogP contribution is -1.93. The first-order valence-corrected chi connectivity index (χ1v) is 2.54. The van der Waals surface area contributed by atoms with Gasteiger partial charge in [0.15, 0.2) is 0 Å². The first-order valence-electron chi connectivity index (χ1n) is 5.54. The van der Waals surface area contributed by atoms with Gasteiger partial charge in [0.2, 0.25) is 0 Å². The second-order valence-corrected chi connectivity index (χ2v) is 1.72. The largest absolute Gasteiger partial charge is 0.495 e. The van der Waals surface area contributed by atoms with Gasteiger partial charge in [0, 0.05) is 10.2 Å². The average Bonchev–Trinajstić information content (AvgIpc) is 1.97. The summed E-state index contributed by atoms with van der Waals surface area (Å²) < 4.78 is 46.7. The number of ether oxygens (including phenoxy) is 1. The van der Waals surface area contributed by atoms with Gasteiger partial charge in [-0.05, 0) is 6.85 Å². The Morgan fingerprint density at radius 2 is 2.70 bits per heavy atom. The summed E-state index contributed by atoms with van der Waals surface area (Å²) in [6, 6.07) is 1.13. The van der Waals surface area contributed by atoms with Crippen molar-refractivity contribution < 1.29 is 13.0 Å². The molecule has 0 atom stereocenters. The molecular formula is C7H10N2O. The molecule has 10 heavy (non-hydrogen) atoms. The molecule has 1 aromatic heterocycles. The lowest BCUT2D eigenvalue weighted by Gasteiger charge is -2.02. The zero-order valence-corrected chi connectivity index (χ0v) is 5.09. The molecule has 1 rings (SSSR count). The lowest BCUT2D eigenvalue weighted by atomic mass is 10.3. The van der Waals surface area contributed by atoms with Gasteiger partial charge >= 0.3 is 0 Å². The Hall–Kier alpha value is -1.25. The molecule has 0 fully saturated rings. The van der Waals surface area contributed by atoms with E-state index >= 15 is 0 Å². The number of hydrogen-bond donors (Lipinski definition) is 1. The summed E-state index contributed by atoms with van der Waals surface area (Å²) >= 11 is 0. The van der Waals surface area contributed by atoms with Crippen LogP contribution in [-0.4, -0.2) is 12.0 Å². The summed E-state index contributed by atoms with van der Waals surface area (Å²) in [5, 5.41) is 0. The predicted molar refractivity (Wildman–Crippen MR) is 39.9 cm³/mol. The molecular weight excluding hydrogens is 128 g/mol. The van der Waals surface area contributed by atoms with Gasteiger partial charge in [0.25, 0.3) is 0 Å². The van der Waals surface area contributed by atoms with Gasteiger partial charge in [0.1, 0.15) is 5.75 Å². The van der Waals surface area contributed by atoms with Crippen molar-refractivity contribution in [3.8, 4) is 5.75 Å². The molecule has 0 saturated carbocycles. The van der Waals surface area contributed by atoms with Crippen molar-refractivity contribution >= 4 is 5.69 Å². The van der Waals surface area contributed by atoms with Crippen molar-refractivity contribution in [2.75, 3.05) is 12.8 Å². The van der Waals surface area contributed by atoms with Crippen LogP contribution in [0, 0.1) is 6.85 Å². The number of aryl methyl sites for hydroxylation is 1. The second kappa shape index (κ2) is 2.56. The van der Waals surface area contributed by atoms with Crippen LogP contribution < -0.4 is 10.5 Å². The average molecular weight is 144 g/mol. The third-order valence-corrected chi connectivity index (χ3v) is 0.984. The predicted octanol–water partition coefficient (Wildman–Crippen LogP) is 0.981. The maximum absolute atomic E-state index is 7.16. The van der Waals surface area contributed by atoms with E-state index in [1.807, 2.05) is 0 Å². The Morgan fingerprint density at radius 3 is 3.40 bits per heavy atom. The standard InChI is InChI=1S/C7H10N2O/c1-5-7(10-2)3-6(8)4-9-5/h3-4H,8H2,1-2H3/i1D3,2D3. The quantitative estimate of drug-likeness (QED) is 0.639. The molecule has 0 amide bonds. The van der Waals surface area contributed by atoms with Crippen molar-refractivity contribution in [2.45, 2.75) is 6.85 Å². The molecule has 54 valence electrons. The molecule has 3 heteroatoms. The van der Waals surface area contributed by atoms with Gasteiger partial charge < -0.3 is 10.5 Å². The van der Waals surface area contributed by atoms with Crippen LogP contribution in [0.3, 0.4) is 0 Å². The van der Waals surface area contributed by atoms with Crippen LogP contribution >= 0.6 is 0 Å². The van der Waals surface area contributed by atoms with Crippen LogP contribution in [0.5, 0.6) is 5.75 Å². The molecule has 0 unspecified atom stereocenters. The van der Waals surface area contributed by atoms with Gasteiger partial charge in [-0.3, -0.25) is 4.98 Å². The van der Waals surface area contributed by atoms with Crippen molar-refractivity contribution in [2.24, 2.45) is 0 Å². The fraction of sp³-hybridized carbons (Fsp3) is 0.286. The number of pyridine rings is 1. The zero-order valence-electron chi connectivity index (χ0n) is 11.1. The highest BCUT2D eigenvalue weighted by molar-refractivity contribution is 5.43. The van der Waals surface area contributed by atoms with E-state index in [1.165, 1.54) is 0 Å². The normalized spacial score (nSPS) is 20.8. The highest BCUT2D eigenvalue weighted by Gasteiger charge is 1.97. The molecule has 0 bridgehead atoms. The Morgan fingerprint density at radius 1 is 1.80 bits per heavy atom. The maximum Gasteiger partial charge on any atom is 0.142 e. The minimum Gasteiger partial charge on any atom is -0.495 e. The van der Waals surface area contributed by atoms with E-state index in [0.29, 0.717) is 0 Å².